The van der Waals surface area contributed by atoms with Crippen LogP contribution >= 0.6 is 23.2 Å². The van der Waals surface area contributed by atoms with Crippen molar-refractivity contribution in [3.63, 3.8) is 0 Å². The summed E-state index contributed by atoms with van der Waals surface area (Å²) in [6.07, 6.45) is 0.385. The molecule has 0 saturated carbocycles. The van der Waals surface area contributed by atoms with Crippen LogP contribution in [0.15, 0.2) is 36.4 Å². The molecule has 9 heteroatoms. The zero-order valence-electron chi connectivity index (χ0n) is 16.0. The van der Waals surface area contributed by atoms with Gasteiger partial charge in [0.15, 0.2) is 15.6 Å². The molecule has 2 aromatic carbocycles. The van der Waals surface area contributed by atoms with E-state index in [0.717, 1.165) is 5.56 Å². The highest BCUT2D eigenvalue weighted by molar-refractivity contribution is 7.91. The Morgan fingerprint density at radius 1 is 1.14 bits per heavy atom. The van der Waals surface area contributed by atoms with Gasteiger partial charge in [0, 0.05) is 18.2 Å². The number of hydrogen-bond acceptors (Lipinski definition) is 5. The minimum Gasteiger partial charge on any atom is -0.497 e. The zero-order valence-corrected chi connectivity index (χ0v) is 18.4. The third kappa shape index (κ3) is 4.97. The molecule has 6 nitrogen and oxygen atoms in total. The summed E-state index contributed by atoms with van der Waals surface area (Å²) in [7, 11) is -0.179. The maximum absolute atomic E-state index is 13.3. The molecule has 1 unspecified atom stereocenters. The summed E-state index contributed by atoms with van der Waals surface area (Å²) >= 11 is 12.4. The van der Waals surface area contributed by atoms with E-state index < -0.39 is 15.9 Å². The van der Waals surface area contributed by atoms with Crippen molar-refractivity contribution in [3.05, 3.63) is 57.6 Å². The maximum atomic E-state index is 13.3. The topological polar surface area (TPSA) is 72.9 Å². The summed E-state index contributed by atoms with van der Waals surface area (Å²) in [4.78, 5) is 14.9. The normalized spacial score (nSPS) is 17.7. The van der Waals surface area contributed by atoms with Crippen LogP contribution in [0.25, 0.3) is 0 Å². The van der Waals surface area contributed by atoms with Gasteiger partial charge in [-0.1, -0.05) is 35.3 Å². The average molecular weight is 458 g/mol. The third-order valence-corrected chi connectivity index (χ3v) is 7.16. The van der Waals surface area contributed by atoms with Crippen molar-refractivity contribution in [3.8, 4) is 11.5 Å². The van der Waals surface area contributed by atoms with Gasteiger partial charge in [-0.25, -0.2) is 8.42 Å². The first-order chi connectivity index (χ1) is 13.7. The summed E-state index contributed by atoms with van der Waals surface area (Å²) in [5.74, 6) is 0.586. The highest BCUT2D eigenvalue weighted by Gasteiger charge is 2.35. The molecule has 0 N–H and O–H groups in total. The fourth-order valence-electron chi connectivity index (χ4n) is 3.40. The molecular weight excluding hydrogens is 437 g/mol. The fourth-order valence-corrected chi connectivity index (χ4v) is 5.77. The second-order valence-electron chi connectivity index (χ2n) is 6.81. The van der Waals surface area contributed by atoms with E-state index in [-0.39, 0.29) is 45.3 Å². The number of ether oxygens (including phenoxy) is 2. The number of sulfone groups is 1. The lowest BCUT2D eigenvalue weighted by atomic mass is 10.1. The Hall–Kier alpha value is -1.96. The molecule has 2 aromatic rings. The van der Waals surface area contributed by atoms with Crippen molar-refractivity contribution in [2.45, 2.75) is 19.0 Å². The standard InChI is InChI=1S/C20H21Cl2NO5S/c1-27-16-5-3-4-13(8-16)11-23(15-6-7-29(25,26)12-15)20(24)14-9-17(21)19(28-2)18(22)10-14/h3-5,8-10,15H,6-7,11-12H2,1-2H3. The van der Waals surface area contributed by atoms with Gasteiger partial charge in [-0.3, -0.25) is 4.79 Å². The van der Waals surface area contributed by atoms with Crippen LogP contribution in [0.4, 0.5) is 0 Å². The predicted molar refractivity (Wildman–Crippen MR) is 113 cm³/mol. The van der Waals surface area contributed by atoms with Crippen LogP contribution in [0.5, 0.6) is 11.5 Å². The van der Waals surface area contributed by atoms with E-state index in [1.54, 1.807) is 18.1 Å². The number of rotatable bonds is 6. The molecule has 29 heavy (non-hydrogen) atoms. The minimum absolute atomic E-state index is 0.0592. The first-order valence-electron chi connectivity index (χ1n) is 8.91. The predicted octanol–water partition coefficient (Wildman–Crippen LogP) is 3.84. The van der Waals surface area contributed by atoms with Gasteiger partial charge in [-0.2, -0.15) is 0 Å². The largest absolute Gasteiger partial charge is 0.497 e. The van der Waals surface area contributed by atoms with Crippen molar-refractivity contribution in [2.75, 3.05) is 25.7 Å². The summed E-state index contributed by atoms with van der Waals surface area (Å²) in [6, 6.07) is 9.84. The molecule has 1 amide bonds. The van der Waals surface area contributed by atoms with Gasteiger partial charge < -0.3 is 14.4 Å². The summed E-state index contributed by atoms with van der Waals surface area (Å²) in [6.45, 7) is 0.234. The number of carbonyl (C=O) groups excluding carboxylic acids is 1. The van der Waals surface area contributed by atoms with Gasteiger partial charge in [-0.05, 0) is 36.2 Å². The first kappa shape index (κ1) is 21.7. The average Bonchev–Trinajstić information content (AvgIpc) is 3.05. The molecule has 0 spiro atoms. The van der Waals surface area contributed by atoms with E-state index in [4.69, 9.17) is 32.7 Å². The molecule has 1 aliphatic rings. The number of hydrogen-bond donors (Lipinski definition) is 0. The fraction of sp³-hybridized carbons (Fsp3) is 0.350. The van der Waals surface area contributed by atoms with E-state index in [1.165, 1.54) is 19.2 Å². The van der Waals surface area contributed by atoms with Crippen LogP contribution in [0, 0.1) is 0 Å². The Balaban J connectivity index is 1.97. The summed E-state index contributed by atoms with van der Waals surface area (Å²) in [5.41, 5.74) is 1.10. The number of carbonyl (C=O) groups is 1. The minimum atomic E-state index is -3.18. The molecule has 0 aromatic heterocycles. The molecule has 1 saturated heterocycles. The Kier molecular flexibility index (Phi) is 6.61. The number of methoxy groups -OCH3 is 2. The number of halogens is 2. The number of amides is 1. The second kappa shape index (κ2) is 8.81. The summed E-state index contributed by atoms with van der Waals surface area (Å²) < 4.78 is 34.5. The molecule has 1 fully saturated rings. The number of benzene rings is 2. The van der Waals surface area contributed by atoms with E-state index >= 15 is 0 Å². The van der Waals surface area contributed by atoms with Crippen LogP contribution < -0.4 is 9.47 Å². The van der Waals surface area contributed by atoms with Gasteiger partial charge in [-0.15, -0.1) is 0 Å². The molecule has 3 rings (SSSR count). The third-order valence-electron chi connectivity index (χ3n) is 4.85. The first-order valence-corrected chi connectivity index (χ1v) is 11.5. The molecule has 1 atom stereocenters. The highest BCUT2D eigenvalue weighted by Crippen LogP contribution is 2.35. The monoisotopic (exact) mass is 457 g/mol. The van der Waals surface area contributed by atoms with E-state index in [2.05, 4.69) is 0 Å². The van der Waals surface area contributed by atoms with Crippen molar-refractivity contribution >= 4 is 38.9 Å². The van der Waals surface area contributed by atoms with E-state index in [9.17, 15) is 13.2 Å². The molecule has 0 aliphatic carbocycles. The summed E-state index contributed by atoms with van der Waals surface area (Å²) in [5, 5.41) is 0.424. The van der Waals surface area contributed by atoms with Gasteiger partial charge in [0.25, 0.3) is 5.91 Å². The molecule has 1 aliphatic heterocycles. The lowest BCUT2D eigenvalue weighted by Crippen LogP contribution is -2.40. The van der Waals surface area contributed by atoms with Gasteiger partial charge in [0.05, 0.1) is 35.8 Å². The molecule has 0 radical (unpaired) electrons. The second-order valence-corrected chi connectivity index (χ2v) is 9.86. The lowest BCUT2D eigenvalue weighted by Gasteiger charge is -2.29. The van der Waals surface area contributed by atoms with Crippen molar-refractivity contribution in [1.29, 1.82) is 0 Å². The molecular formula is C20H21Cl2NO5S. The Bertz CT molecular complexity index is 1000. The maximum Gasteiger partial charge on any atom is 0.254 e. The van der Waals surface area contributed by atoms with E-state index in [0.29, 0.717) is 12.2 Å². The van der Waals surface area contributed by atoms with Crippen molar-refractivity contribution < 1.29 is 22.7 Å². The van der Waals surface area contributed by atoms with Crippen molar-refractivity contribution in [1.82, 2.24) is 4.90 Å². The van der Waals surface area contributed by atoms with Gasteiger partial charge in [0.2, 0.25) is 0 Å². The number of nitrogens with zero attached hydrogens (tertiary/aromatic N) is 1. The SMILES string of the molecule is COc1cccc(CN(C(=O)c2cc(Cl)c(OC)c(Cl)c2)C2CCS(=O)(=O)C2)c1. The van der Waals surface area contributed by atoms with Gasteiger partial charge >= 0.3 is 0 Å². The van der Waals surface area contributed by atoms with Crippen LogP contribution in [0.1, 0.15) is 22.3 Å². The molecule has 1 heterocycles. The van der Waals surface area contributed by atoms with Crippen LogP contribution in [-0.4, -0.2) is 51.0 Å². The Morgan fingerprint density at radius 2 is 1.83 bits per heavy atom. The van der Waals surface area contributed by atoms with Crippen molar-refractivity contribution in [2.24, 2.45) is 0 Å². The highest BCUT2D eigenvalue weighted by atomic mass is 35.5. The van der Waals surface area contributed by atoms with Crippen LogP contribution in [0.2, 0.25) is 10.0 Å². The smallest absolute Gasteiger partial charge is 0.254 e. The molecule has 0 bridgehead atoms. The molecule has 156 valence electrons. The quantitative estimate of drug-likeness (QED) is 0.658. The van der Waals surface area contributed by atoms with Crippen LogP contribution in [-0.2, 0) is 16.4 Å². The zero-order chi connectivity index (χ0) is 21.2. The Morgan fingerprint density at radius 3 is 2.38 bits per heavy atom. The lowest BCUT2D eigenvalue weighted by molar-refractivity contribution is 0.0680. The van der Waals surface area contributed by atoms with Crippen LogP contribution in [0.3, 0.4) is 0 Å². The van der Waals surface area contributed by atoms with Gasteiger partial charge in [0.1, 0.15) is 5.75 Å². The Labute approximate surface area is 180 Å². The van der Waals surface area contributed by atoms with E-state index in [1.807, 2.05) is 18.2 Å².